The summed E-state index contributed by atoms with van der Waals surface area (Å²) in [5, 5.41) is 0. The summed E-state index contributed by atoms with van der Waals surface area (Å²) in [5.41, 5.74) is -0.986. The highest BCUT2D eigenvalue weighted by Gasteiger charge is 2.30. The van der Waals surface area contributed by atoms with Gasteiger partial charge in [0, 0.05) is 11.6 Å². The molecule has 0 spiro atoms. The van der Waals surface area contributed by atoms with Crippen molar-refractivity contribution >= 4 is 12.3 Å². The highest BCUT2D eigenvalue weighted by Crippen LogP contribution is 2.25. The minimum absolute atomic E-state index is 0.0799. The van der Waals surface area contributed by atoms with Gasteiger partial charge in [0.15, 0.2) is 6.29 Å². The molecule has 0 bridgehead atoms. The Kier molecular flexibility index (Phi) is 4.25. The fraction of sp³-hybridized carbons (Fsp3) is 0.167. The van der Waals surface area contributed by atoms with E-state index < -0.39 is 17.7 Å². The number of esters is 1. The molecule has 0 unspecified atom stereocenters. The fourth-order valence-corrected chi connectivity index (χ4v) is 1.07. The number of aldehydes is 1. The van der Waals surface area contributed by atoms with Crippen LogP contribution in [-0.2, 0) is 4.79 Å². The normalized spacial score (nSPS) is 12.1. The van der Waals surface area contributed by atoms with Crippen LogP contribution < -0.4 is 4.74 Å². The van der Waals surface area contributed by atoms with E-state index in [0.29, 0.717) is 12.4 Å². The second-order valence-corrected chi connectivity index (χ2v) is 3.40. The van der Waals surface area contributed by atoms with E-state index in [0.717, 1.165) is 6.92 Å². The lowest BCUT2D eigenvalue weighted by molar-refractivity contribution is -0.130. The molecule has 0 radical (unpaired) electrons. The van der Waals surface area contributed by atoms with Crippen molar-refractivity contribution in [1.82, 2.24) is 0 Å². The molecule has 0 aliphatic rings. The number of rotatable bonds is 3. The third kappa shape index (κ3) is 3.73. The SMILES string of the molecule is C/C(=C\C(=O)Oc1ccccc1C=O)C(F)(F)F. The van der Waals surface area contributed by atoms with Crippen molar-refractivity contribution in [3.8, 4) is 5.75 Å². The van der Waals surface area contributed by atoms with E-state index in [1.807, 2.05) is 0 Å². The molecule has 0 aliphatic heterocycles. The molecule has 96 valence electrons. The van der Waals surface area contributed by atoms with Crippen LogP contribution in [0.3, 0.4) is 0 Å². The topological polar surface area (TPSA) is 43.4 Å². The first kappa shape index (κ1) is 14.0. The van der Waals surface area contributed by atoms with Crippen LogP contribution in [0.2, 0.25) is 0 Å². The molecule has 0 N–H and O–H groups in total. The van der Waals surface area contributed by atoms with Gasteiger partial charge in [-0.1, -0.05) is 12.1 Å². The van der Waals surface area contributed by atoms with Crippen LogP contribution in [0, 0.1) is 0 Å². The summed E-state index contributed by atoms with van der Waals surface area (Å²) >= 11 is 0. The van der Waals surface area contributed by atoms with Gasteiger partial charge in [-0.15, -0.1) is 0 Å². The Labute approximate surface area is 101 Å². The molecule has 0 fully saturated rings. The lowest BCUT2D eigenvalue weighted by atomic mass is 10.2. The zero-order chi connectivity index (χ0) is 13.8. The van der Waals surface area contributed by atoms with Gasteiger partial charge in [0.1, 0.15) is 5.75 Å². The highest BCUT2D eigenvalue weighted by atomic mass is 19.4. The molecule has 18 heavy (non-hydrogen) atoms. The molecule has 1 aromatic rings. The molecule has 0 aromatic heterocycles. The number of carbonyl (C=O) groups is 2. The van der Waals surface area contributed by atoms with E-state index in [9.17, 15) is 22.8 Å². The van der Waals surface area contributed by atoms with Gasteiger partial charge in [0.25, 0.3) is 0 Å². The first-order valence-corrected chi connectivity index (χ1v) is 4.86. The number of allylic oxidation sites excluding steroid dienone is 1. The average Bonchev–Trinajstić information content (AvgIpc) is 2.28. The first-order chi connectivity index (χ1) is 8.34. The Morgan fingerprint density at radius 3 is 2.44 bits per heavy atom. The monoisotopic (exact) mass is 258 g/mol. The van der Waals surface area contributed by atoms with Crippen molar-refractivity contribution < 1.29 is 27.5 Å². The zero-order valence-electron chi connectivity index (χ0n) is 9.32. The van der Waals surface area contributed by atoms with E-state index in [-0.39, 0.29) is 11.3 Å². The lowest BCUT2D eigenvalue weighted by Gasteiger charge is -2.07. The second-order valence-electron chi connectivity index (χ2n) is 3.40. The predicted octanol–water partition coefficient (Wildman–Crippen LogP) is 2.91. The number of hydrogen-bond acceptors (Lipinski definition) is 3. The molecule has 0 heterocycles. The quantitative estimate of drug-likeness (QED) is 0.362. The average molecular weight is 258 g/mol. The van der Waals surface area contributed by atoms with Gasteiger partial charge in [-0.3, -0.25) is 4.79 Å². The zero-order valence-corrected chi connectivity index (χ0v) is 9.32. The summed E-state index contributed by atoms with van der Waals surface area (Å²) in [7, 11) is 0. The molecule has 0 saturated heterocycles. The van der Waals surface area contributed by atoms with Crippen molar-refractivity contribution in [3.63, 3.8) is 0 Å². The third-order valence-electron chi connectivity index (χ3n) is 2.04. The van der Waals surface area contributed by atoms with Crippen LogP contribution in [-0.4, -0.2) is 18.4 Å². The maximum absolute atomic E-state index is 12.2. The molecule has 0 amide bonds. The molecule has 0 aliphatic carbocycles. The van der Waals surface area contributed by atoms with Gasteiger partial charge in [-0.05, 0) is 19.1 Å². The Balaban J connectivity index is 2.86. The van der Waals surface area contributed by atoms with Gasteiger partial charge in [-0.2, -0.15) is 13.2 Å². The van der Waals surface area contributed by atoms with Gasteiger partial charge in [0.05, 0.1) is 5.56 Å². The Bertz CT molecular complexity index is 490. The van der Waals surface area contributed by atoms with Crippen LogP contribution in [0.5, 0.6) is 5.75 Å². The van der Waals surface area contributed by atoms with Crippen molar-refractivity contribution in [2.75, 3.05) is 0 Å². The number of benzene rings is 1. The van der Waals surface area contributed by atoms with Gasteiger partial charge in [-0.25, -0.2) is 4.79 Å². The molecule has 1 rings (SSSR count). The van der Waals surface area contributed by atoms with Crippen LogP contribution in [0.15, 0.2) is 35.9 Å². The van der Waals surface area contributed by atoms with Crippen LogP contribution in [0.25, 0.3) is 0 Å². The van der Waals surface area contributed by atoms with E-state index in [2.05, 4.69) is 4.74 Å². The molecular weight excluding hydrogens is 249 g/mol. The van der Waals surface area contributed by atoms with Crippen LogP contribution >= 0.6 is 0 Å². The van der Waals surface area contributed by atoms with E-state index in [1.165, 1.54) is 24.3 Å². The standard InChI is InChI=1S/C12H9F3O3/c1-8(12(13,14)15)6-11(17)18-10-5-3-2-4-9(10)7-16/h2-7H,1H3/b8-6+. The minimum Gasteiger partial charge on any atom is -0.423 e. The van der Waals surface area contributed by atoms with E-state index >= 15 is 0 Å². The Morgan fingerprint density at radius 2 is 1.89 bits per heavy atom. The lowest BCUT2D eigenvalue weighted by Crippen LogP contribution is -2.13. The molecule has 3 nitrogen and oxygen atoms in total. The van der Waals surface area contributed by atoms with Gasteiger partial charge < -0.3 is 4.74 Å². The van der Waals surface area contributed by atoms with Crippen LogP contribution in [0.1, 0.15) is 17.3 Å². The smallest absolute Gasteiger partial charge is 0.412 e. The predicted molar refractivity (Wildman–Crippen MR) is 57.3 cm³/mol. The van der Waals surface area contributed by atoms with Crippen molar-refractivity contribution in [1.29, 1.82) is 0 Å². The highest BCUT2D eigenvalue weighted by molar-refractivity contribution is 5.87. The largest absolute Gasteiger partial charge is 0.423 e. The summed E-state index contributed by atoms with van der Waals surface area (Å²) in [6, 6.07) is 5.74. The molecular formula is C12H9F3O3. The maximum atomic E-state index is 12.2. The number of para-hydroxylation sites is 1. The van der Waals surface area contributed by atoms with Gasteiger partial charge in [0.2, 0.25) is 0 Å². The molecule has 1 aromatic carbocycles. The van der Waals surface area contributed by atoms with Crippen molar-refractivity contribution in [2.24, 2.45) is 0 Å². The fourth-order valence-electron chi connectivity index (χ4n) is 1.07. The molecule has 0 saturated carbocycles. The molecule has 0 atom stereocenters. The summed E-state index contributed by atoms with van der Waals surface area (Å²) in [4.78, 5) is 21.8. The summed E-state index contributed by atoms with van der Waals surface area (Å²) in [6.45, 7) is 0.757. The number of hydrogen-bond donors (Lipinski definition) is 0. The first-order valence-electron chi connectivity index (χ1n) is 4.86. The van der Waals surface area contributed by atoms with Crippen molar-refractivity contribution in [2.45, 2.75) is 13.1 Å². The van der Waals surface area contributed by atoms with E-state index in [4.69, 9.17) is 0 Å². The number of ether oxygens (including phenoxy) is 1. The van der Waals surface area contributed by atoms with Crippen molar-refractivity contribution in [3.05, 3.63) is 41.5 Å². The second kappa shape index (κ2) is 5.48. The Morgan fingerprint density at radius 1 is 1.28 bits per heavy atom. The number of carbonyl (C=O) groups excluding carboxylic acids is 2. The summed E-state index contributed by atoms with van der Waals surface area (Å²) in [6.07, 6.45) is -3.80. The van der Waals surface area contributed by atoms with E-state index in [1.54, 1.807) is 0 Å². The number of halogens is 3. The minimum atomic E-state index is -4.58. The third-order valence-corrected chi connectivity index (χ3v) is 2.04. The number of alkyl halides is 3. The maximum Gasteiger partial charge on any atom is 0.412 e. The van der Waals surface area contributed by atoms with Gasteiger partial charge >= 0.3 is 12.1 Å². The van der Waals surface area contributed by atoms with Crippen LogP contribution in [0.4, 0.5) is 13.2 Å². The molecule has 6 heteroatoms. The Hall–Kier alpha value is -2.11. The summed E-state index contributed by atoms with van der Waals surface area (Å²) < 4.78 is 41.1. The summed E-state index contributed by atoms with van der Waals surface area (Å²) in [5.74, 6) is -1.26.